The summed E-state index contributed by atoms with van der Waals surface area (Å²) < 4.78 is 5.32. The van der Waals surface area contributed by atoms with Crippen LogP contribution in [0.25, 0.3) is 33.4 Å². The van der Waals surface area contributed by atoms with Crippen LogP contribution in [0.4, 0.5) is 0 Å². The monoisotopic (exact) mass is 366 g/mol. The van der Waals surface area contributed by atoms with Crippen molar-refractivity contribution in [3.05, 3.63) is 90.9 Å². The lowest BCUT2D eigenvalue weighted by Gasteiger charge is -2.10. The summed E-state index contributed by atoms with van der Waals surface area (Å²) in [7, 11) is 0. The van der Waals surface area contributed by atoms with Crippen LogP contribution in [0.3, 0.4) is 0 Å². The zero-order valence-corrected chi connectivity index (χ0v) is 14.0. The van der Waals surface area contributed by atoms with Crippen molar-refractivity contribution < 1.29 is 4.42 Å². The average Bonchev–Trinajstić information content (AvgIpc) is 2.62. The van der Waals surface area contributed by atoms with Gasteiger partial charge in [-0.1, -0.05) is 54.1 Å². The maximum Gasteiger partial charge on any atom is 0.347 e. The highest BCUT2D eigenvalue weighted by atomic mass is 35.5. The van der Waals surface area contributed by atoms with E-state index in [1.165, 1.54) is 0 Å². The summed E-state index contributed by atoms with van der Waals surface area (Å²) >= 11 is 6.45. The van der Waals surface area contributed by atoms with Crippen LogP contribution in [0, 0.1) is 0 Å². The highest BCUT2D eigenvalue weighted by Gasteiger charge is 2.21. The highest BCUT2D eigenvalue weighted by molar-refractivity contribution is 6.38. The van der Waals surface area contributed by atoms with Crippen LogP contribution in [0.2, 0.25) is 5.02 Å². The molecule has 0 amide bonds. The minimum Gasteiger partial charge on any atom is -0.422 e. The van der Waals surface area contributed by atoms with E-state index in [-0.39, 0.29) is 21.8 Å². The first-order valence-electron chi connectivity index (χ1n) is 7.70. The number of hydrogen-bond acceptors (Lipinski definition) is 4. The molecule has 0 fully saturated rings. The predicted octanol–water partition coefficient (Wildman–Crippen LogP) is 3.16. The first-order chi connectivity index (χ1) is 12.6. The van der Waals surface area contributed by atoms with Gasteiger partial charge in [0.15, 0.2) is 0 Å². The van der Waals surface area contributed by atoms with Crippen molar-refractivity contribution in [1.29, 1.82) is 0 Å². The van der Waals surface area contributed by atoms with Crippen LogP contribution >= 0.6 is 11.6 Å². The number of H-pyrrole nitrogens is 2. The third-order valence-electron chi connectivity index (χ3n) is 4.00. The Morgan fingerprint density at radius 3 is 2.27 bits per heavy atom. The molecule has 0 spiro atoms. The molecule has 0 aliphatic carbocycles. The summed E-state index contributed by atoms with van der Waals surface area (Å²) in [5.74, 6) is 0. The molecule has 0 atom stereocenters. The lowest BCUT2D eigenvalue weighted by Crippen LogP contribution is -2.26. The topological polar surface area (TPSA) is 95.9 Å². The van der Waals surface area contributed by atoms with Crippen LogP contribution in [-0.4, -0.2) is 9.97 Å². The lowest BCUT2D eigenvalue weighted by molar-refractivity contribution is 0.563. The summed E-state index contributed by atoms with van der Waals surface area (Å²) in [6, 6.07) is 15.4. The third-order valence-corrected chi connectivity index (χ3v) is 4.40. The number of nitrogens with one attached hydrogen (secondary N) is 2. The van der Waals surface area contributed by atoms with E-state index in [1.54, 1.807) is 54.6 Å². The maximum atomic E-state index is 12.6. The summed E-state index contributed by atoms with van der Waals surface area (Å²) in [6.45, 7) is 0. The number of aromatic amines is 2. The smallest absolute Gasteiger partial charge is 0.347 e. The van der Waals surface area contributed by atoms with E-state index >= 15 is 0 Å². The van der Waals surface area contributed by atoms with E-state index in [4.69, 9.17) is 16.0 Å². The molecule has 4 rings (SSSR count). The summed E-state index contributed by atoms with van der Waals surface area (Å²) in [5.41, 5.74) is -1.17. The van der Waals surface area contributed by atoms with Gasteiger partial charge in [-0.3, -0.25) is 9.78 Å². The number of hydrogen-bond donors (Lipinski definition) is 2. The fourth-order valence-corrected chi connectivity index (χ4v) is 3.21. The molecule has 2 heterocycles. The molecular weight excluding hydrogens is 356 g/mol. The van der Waals surface area contributed by atoms with E-state index in [2.05, 4.69) is 9.97 Å². The average molecular weight is 367 g/mol. The zero-order valence-electron chi connectivity index (χ0n) is 13.2. The SMILES string of the molecule is O=c1[nH]c(-c2c(Cl)c3ccccc3oc2=O)c(-c2ccccc2)c(=O)[nH]1. The molecule has 0 unspecified atom stereocenters. The summed E-state index contributed by atoms with van der Waals surface area (Å²) in [5, 5.41) is 0.610. The maximum absolute atomic E-state index is 12.6. The van der Waals surface area contributed by atoms with Gasteiger partial charge in [-0.2, -0.15) is 0 Å². The Hall–Kier alpha value is -3.38. The Labute approximate surface area is 150 Å². The van der Waals surface area contributed by atoms with E-state index in [1.807, 2.05) is 0 Å². The van der Waals surface area contributed by atoms with Gasteiger partial charge in [-0.15, -0.1) is 0 Å². The Morgan fingerprint density at radius 1 is 0.808 bits per heavy atom. The molecule has 2 N–H and O–H groups in total. The highest BCUT2D eigenvalue weighted by Crippen LogP contribution is 2.33. The fraction of sp³-hybridized carbons (Fsp3) is 0. The second-order valence-corrected chi connectivity index (χ2v) is 5.98. The second kappa shape index (κ2) is 6.16. The molecule has 0 saturated carbocycles. The number of para-hydroxylation sites is 1. The van der Waals surface area contributed by atoms with Crippen molar-refractivity contribution in [2.75, 3.05) is 0 Å². The van der Waals surface area contributed by atoms with Gasteiger partial charge in [0.25, 0.3) is 5.56 Å². The molecule has 2 aromatic heterocycles. The molecular formula is C19H11ClN2O4. The van der Waals surface area contributed by atoms with Crippen molar-refractivity contribution in [1.82, 2.24) is 9.97 Å². The number of rotatable bonds is 2. The largest absolute Gasteiger partial charge is 0.422 e. The Morgan fingerprint density at radius 2 is 1.50 bits per heavy atom. The van der Waals surface area contributed by atoms with E-state index in [0.717, 1.165) is 0 Å². The van der Waals surface area contributed by atoms with Gasteiger partial charge in [-0.05, 0) is 17.7 Å². The molecule has 128 valence electrons. The van der Waals surface area contributed by atoms with Crippen LogP contribution in [0.1, 0.15) is 0 Å². The standard InChI is InChI=1S/C19H11ClN2O4/c20-15-11-8-4-5-9-12(11)26-18(24)14(15)16-13(10-6-2-1-3-7-10)17(23)22-19(25)21-16/h1-9H,(H2,21,22,23,25). The first kappa shape index (κ1) is 16.1. The molecule has 0 aliphatic rings. The van der Waals surface area contributed by atoms with Gasteiger partial charge in [0.1, 0.15) is 11.1 Å². The number of aromatic nitrogens is 2. The minimum absolute atomic E-state index is 0.0226. The molecule has 7 heteroatoms. The van der Waals surface area contributed by atoms with Crippen molar-refractivity contribution in [3.8, 4) is 22.4 Å². The number of halogens is 1. The Kier molecular flexibility index (Phi) is 3.82. The molecule has 2 aromatic carbocycles. The predicted molar refractivity (Wildman–Crippen MR) is 99.6 cm³/mol. The fourth-order valence-electron chi connectivity index (χ4n) is 2.88. The lowest BCUT2D eigenvalue weighted by atomic mass is 10.0. The van der Waals surface area contributed by atoms with Crippen LogP contribution < -0.4 is 16.9 Å². The molecule has 0 bridgehead atoms. The molecule has 6 nitrogen and oxygen atoms in total. The van der Waals surface area contributed by atoms with Gasteiger partial charge in [-0.25, -0.2) is 9.59 Å². The molecule has 4 aromatic rings. The third kappa shape index (κ3) is 2.57. The normalized spacial score (nSPS) is 11.0. The Bertz CT molecular complexity index is 1300. The first-order valence-corrected chi connectivity index (χ1v) is 8.08. The molecule has 0 aliphatic heterocycles. The van der Waals surface area contributed by atoms with Gasteiger partial charge in [0.05, 0.1) is 16.3 Å². The van der Waals surface area contributed by atoms with E-state index < -0.39 is 16.9 Å². The van der Waals surface area contributed by atoms with Crippen LogP contribution in [-0.2, 0) is 0 Å². The van der Waals surface area contributed by atoms with Gasteiger partial charge in [0, 0.05) is 5.39 Å². The summed E-state index contributed by atoms with van der Waals surface area (Å²) in [6.07, 6.45) is 0. The molecule has 0 saturated heterocycles. The molecule has 0 radical (unpaired) electrons. The van der Waals surface area contributed by atoms with Crippen molar-refractivity contribution >= 4 is 22.6 Å². The van der Waals surface area contributed by atoms with Crippen molar-refractivity contribution in [2.45, 2.75) is 0 Å². The minimum atomic E-state index is -0.743. The van der Waals surface area contributed by atoms with Crippen molar-refractivity contribution in [3.63, 3.8) is 0 Å². The molecule has 26 heavy (non-hydrogen) atoms. The van der Waals surface area contributed by atoms with Crippen molar-refractivity contribution in [2.24, 2.45) is 0 Å². The summed E-state index contributed by atoms with van der Waals surface area (Å²) in [4.78, 5) is 41.6. The quantitative estimate of drug-likeness (QED) is 0.532. The number of fused-ring (bicyclic) bond motifs is 1. The van der Waals surface area contributed by atoms with Gasteiger partial charge < -0.3 is 9.40 Å². The van der Waals surface area contributed by atoms with Gasteiger partial charge >= 0.3 is 11.3 Å². The Balaban J connectivity index is 2.16. The van der Waals surface area contributed by atoms with Crippen LogP contribution in [0.15, 0.2) is 73.4 Å². The van der Waals surface area contributed by atoms with E-state index in [9.17, 15) is 14.4 Å². The van der Waals surface area contributed by atoms with E-state index in [0.29, 0.717) is 16.5 Å². The van der Waals surface area contributed by atoms with Gasteiger partial charge in [0.2, 0.25) is 0 Å². The number of benzene rings is 2. The second-order valence-electron chi connectivity index (χ2n) is 5.60. The van der Waals surface area contributed by atoms with Crippen LogP contribution in [0.5, 0.6) is 0 Å². The zero-order chi connectivity index (χ0) is 18.3.